The van der Waals surface area contributed by atoms with E-state index in [1.807, 2.05) is 0 Å². The number of hydrogen-bond acceptors (Lipinski definition) is 1. The van der Waals surface area contributed by atoms with Crippen LogP contribution in [0.3, 0.4) is 0 Å². The molecule has 1 unspecified atom stereocenters. The average molecular weight is 122 g/mol. The highest BCUT2D eigenvalue weighted by atomic mass is 32.1. The molecule has 0 saturated heterocycles. The fraction of sp³-hybridized carbons (Fsp3) is 1.00. The maximum Gasteiger partial charge on any atom is 0.0973 e. The van der Waals surface area contributed by atoms with E-state index in [2.05, 4.69) is 12.6 Å². The topological polar surface area (TPSA) is 0 Å². The number of thiol groups is 1. The van der Waals surface area contributed by atoms with Crippen LogP contribution in [-0.4, -0.2) is 11.9 Å². The lowest BCUT2D eigenvalue weighted by molar-refractivity contribution is 0.339. The lowest BCUT2D eigenvalue weighted by atomic mass is 10.2. The highest BCUT2D eigenvalue weighted by Crippen LogP contribution is 1.99. The molecule has 0 aliphatic carbocycles. The normalized spacial score (nSPS) is 14.1. The van der Waals surface area contributed by atoms with Crippen LogP contribution in [-0.2, 0) is 0 Å². The van der Waals surface area contributed by atoms with Crippen molar-refractivity contribution < 1.29 is 4.39 Å². The Morgan fingerprint density at radius 3 is 2.43 bits per heavy atom. The first kappa shape index (κ1) is 7.28. The van der Waals surface area contributed by atoms with Crippen molar-refractivity contribution in [3.05, 3.63) is 0 Å². The van der Waals surface area contributed by atoms with Gasteiger partial charge >= 0.3 is 0 Å². The second-order valence-corrected chi connectivity index (χ2v) is 2.09. The minimum Gasteiger partial charge on any atom is -0.248 e. The van der Waals surface area contributed by atoms with Crippen molar-refractivity contribution in [3.63, 3.8) is 0 Å². The van der Waals surface area contributed by atoms with Gasteiger partial charge < -0.3 is 0 Å². The second-order valence-electron chi connectivity index (χ2n) is 1.65. The average Bonchev–Trinajstić information content (AvgIpc) is 1.61. The largest absolute Gasteiger partial charge is 0.248 e. The van der Waals surface area contributed by atoms with Gasteiger partial charge in [-0.2, -0.15) is 12.6 Å². The van der Waals surface area contributed by atoms with Crippen LogP contribution in [0.1, 0.15) is 19.8 Å². The molecule has 0 spiro atoms. The van der Waals surface area contributed by atoms with Gasteiger partial charge in [-0.1, -0.05) is 0 Å². The third kappa shape index (κ3) is 6.28. The quantitative estimate of drug-likeness (QED) is 0.544. The molecule has 0 bridgehead atoms. The van der Waals surface area contributed by atoms with Crippen molar-refractivity contribution in [2.24, 2.45) is 0 Å². The first-order valence-corrected chi connectivity index (χ1v) is 3.15. The van der Waals surface area contributed by atoms with Gasteiger partial charge in [0.05, 0.1) is 6.17 Å². The molecule has 0 aromatic carbocycles. The number of halogens is 1. The first-order valence-electron chi connectivity index (χ1n) is 2.52. The molecule has 7 heavy (non-hydrogen) atoms. The monoisotopic (exact) mass is 122 g/mol. The Hall–Kier alpha value is 0.280. The highest BCUT2D eigenvalue weighted by molar-refractivity contribution is 7.80. The molecule has 0 fully saturated rings. The zero-order chi connectivity index (χ0) is 5.70. The third-order valence-electron chi connectivity index (χ3n) is 0.760. The van der Waals surface area contributed by atoms with E-state index in [1.165, 1.54) is 0 Å². The fourth-order valence-electron chi connectivity index (χ4n) is 0.373. The van der Waals surface area contributed by atoms with E-state index in [-0.39, 0.29) is 0 Å². The molecule has 1 atom stereocenters. The summed E-state index contributed by atoms with van der Waals surface area (Å²) in [5, 5.41) is 0. The van der Waals surface area contributed by atoms with Gasteiger partial charge in [0.25, 0.3) is 0 Å². The Bertz CT molecular complexity index is 37.1. The molecule has 0 aliphatic rings. The van der Waals surface area contributed by atoms with E-state index in [0.717, 1.165) is 12.2 Å². The molecule has 2 heteroatoms. The van der Waals surface area contributed by atoms with E-state index < -0.39 is 6.17 Å². The van der Waals surface area contributed by atoms with Crippen LogP contribution in [0.5, 0.6) is 0 Å². The Labute approximate surface area is 49.5 Å². The summed E-state index contributed by atoms with van der Waals surface area (Å²) in [4.78, 5) is 0. The molecular formula is C5H11FS. The fourth-order valence-corrected chi connectivity index (χ4v) is 0.555. The zero-order valence-electron chi connectivity index (χ0n) is 4.52. The van der Waals surface area contributed by atoms with Gasteiger partial charge in [-0.05, 0) is 25.5 Å². The van der Waals surface area contributed by atoms with E-state index in [1.54, 1.807) is 6.92 Å². The van der Waals surface area contributed by atoms with E-state index >= 15 is 0 Å². The predicted molar refractivity (Wildman–Crippen MR) is 33.7 cm³/mol. The minimum absolute atomic E-state index is 0.646. The zero-order valence-corrected chi connectivity index (χ0v) is 5.42. The third-order valence-corrected chi connectivity index (χ3v) is 1.08. The lowest BCUT2D eigenvalue weighted by Gasteiger charge is -1.95. The van der Waals surface area contributed by atoms with Crippen LogP contribution < -0.4 is 0 Å². The molecular weight excluding hydrogens is 111 g/mol. The summed E-state index contributed by atoms with van der Waals surface area (Å²) in [5.41, 5.74) is 0. The molecule has 0 rings (SSSR count). The Kier molecular flexibility index (Phi) is 4.62. The molecule has 0 aliphatic heterocycles. The molecule has 0 aromatic heterocycles. The smallest absolute Gasteiger partial charge is 0.0973 e. The van der Waals surface area contributed by atoms with E-state index in [9.17, 15) is 4.39 Å². The van der Waals surface area contributed by atoms with E-state index in [4.69, 9.17) is 0 Å². The summed E-state index contributed by atoms with van der Waals surface area (Å²) in [7, 11) is 0. The van der Waals surface area contributed by atoms with Crippen molar-refractivity contribution in [3.8, 4) is 0 Å². The number of hydrogen-bond donors (Lipinski definition) is 1. The van der Waals surface area contributed by atoms with Crippen LogP contribution >= 0.6 is 12.6 Å². The molecule has 0 aromatic rings. The summed E-state index contributed by atoms with van der Waals surface area (Å²) in [6.07, 6.45) is 0.900. The summed E-state index contributed by atoms with van der Waals surface area (Å²) in [6.45, 7) is 1.57. The van der Waals surface area contributed by atoms with Gasteiger partial charge in [0.15, 0.2) is 0 Å². The van der Waals surface area contributed by atoms with Crippen LogP contribution in [0.4, 0.5) is 4.39 Å². The molecule has 0 heterocycles. The SMILES string of the molecule is CC(F)CCCS. The maximum absolute atomic E-state index is 11.9. The van der Waals surface area contributed by atoms with Gasteiger partial charge in [-0.3, -0.25) is 0 Å². The molecule has 44 valence electrons. The lowest BCUT2D eigenvalue weighted by Crippen LogP contribution is -1.91. The Balaban J connectivity index is 2.68. The van der Waals surface area contributed by atoms with Crippen LogP contribution in [0, 0.1) is 0 Å². The predicted octanol–water partition coefficient (Wildman–Crippen LogP) is 2.05. The van der Waals surface area contributed by atoms with Crippen molar-refractivity contribution in [2.45, 2.75) is 25.9 Å². The molecule has 0 nitrogen and oxygen atoms in total. The summed E-state index contributed by atoms with van der Waals surface area (Å²) < 4.78 is 11.9. The number of rotatable bonds is 3. The summed E-state index contributed by atoms with van der Waals surface area (Å²) in [5.74, 6) is 0.800. The highest BCUT2D eigenvalue weighted by Gasteiger charge is 1.93. The van der Waals surface area contributed by atoms with Gasteiger partial charge in [-0.15, -0.1) is 0 Å². The van der Waals surface area contributed by atoms with Gasteiger partial charge in [0.1, 0.15) is 0 Å². The standard InChI is InChI=1S/C5H11FS/c1-5(6)3-2-4-7/h5,7H,2-4H2,1H3. The van der Waals surface area contributed by atoms with E-state index in [0.29, 0.717) is 6.42 Å². The molecule has 0 radical (unpaired) electrons. The van der Waals surface area contributed by atoms with Crippen LogP contribution in [0.25, 0.3) is 0 Å². The summed E-state index contributed by atoms with van der Waals surface area (Å²) in [6, 6.07) is 0. The summed E-state index contributed by atoms with van der Waals surface area (Å²) >= 11 is 3.93. The minimum atomic E-state index is -0.646. The van der Waals surface area contributed by atoms with Crippen LogP contribution in [0.15, 0.2) is 0 Å². The number of alkyl halides is 1. The first-order chi connectivity index (χ1) is 3.27. The Morgan fingerprint density at radius 2 is 2.29 bits per heavy atom. The molecule has 0 saturated carbocycles. The van der Waals surface area contributed by atoms with Crippen molar-refractivity contribution in [2.75, 3.05) is 5.75 Å². The second kappa shape index (κ2) is 4.44. The van der Waals surface area contributed by atoms with Gasteiger partial charge in [0, 0.05) is 0 Å². The van der Waals surface area contributed by atoms with Crippen LogP contribution in [0.2, 0.25) is 0 Å². The van der Waals surface area contributed by atoms with Crippen molar-refractivity contribution >= 4 is 12.6 Å². The molecule has 0 N–H and O–H groups in total. The van der Waals surface area contributed by atoms with Gasteiger partial charge in [-0.25, -0.2) is 4.39 Å². The maximum atomic E-state index is 11.9. The molecule has 0 amide bonds. The van der Waals surface area contributed by atoms with Gasteiger partial charge in [0.2, 0.25) is 0 Å². The Morgan fingerprint density at radius 1 is 1.71 bits per heavy atom. The van der Waals surface area contributed by atoms with Crippen molar-refractivity contribution in [1.29, 1.82) is 0 Å². The van der Waals surface area contributed by atoms with Crippen molar-refractivity contribution in [1.82, 2.24) is 0 Å².